The third-order valence-corrected chi connectivity index (χ3v) is 5.21. The lowest BCUT2D eigenvalue weighted by Crippen LogP contribution is -2.25. The molecule has 0 spiro atoms. The zero-order chi connectivity index (χ0) is 20.1. The Hall–Kier alpha value is -3.61. The van der Waals surface area contributed by atoms with Crippen molar-refractivity contribution in [3.05, 3.63) is 65.0 Å². The highest BCUT2D eigenvalue weighted by Crippen LogP contribution is 2.41. The number of nitrogens with one attached hydrogen (secondary N) is 1. The van der Waals surface area contributed by atoms with Gasteiger partial charge in [-0.05, 0) is 55.7 Å². The fraction of sp³-hybridized carbons (Fsp3) is 0.227. The lowest BCUT2D eigenvalue weighted by molar-refractivity contribution is 0.0989. The van der Waals surface area contributed by atoms with E-state index in [2.05, 4.69) is 10.5 Å². The first-order chi connectivity index (χ1) is 14.0. The van der Waals surface area contributed by atoms with E-state index in [-0.39, 0.29) is 17.5 Å². The summed E-state index contributed by atoms with van der Waals surface area (Å²) in [6, 6.07) is 12.4. The number of aromatic nitrogens is 1. The molecule has 0 bridgehead atoms. The molecule has 1 aromatic heterocycles. The minimum absolute atomic E-state index is 0.210. The molecule has 29 heavy (non-hydrogen) atoms. The quantitative estimate of drug-likeness (QED) is 0.713. The lowest BCUT2D eigenvalue weighted by Gasteiger charge is -2.16. The van der Waals surface area contributed by atoms with E-state index in [1.807, 2.05) is 25.1 Å². The van der Waals surface area contributed by atoms with Crippen molar-refractivity contribution >= 4 is 23.2 Å². The molecule has 0 saturated heterocycles. The standard InChI is InChI=1S/C22H19N3O4/c1-12-3-7-19-17(9-12)25(2)22(27)15-10-14(6-8-18(15)28-19)23-21(26)16-11-20(29-24-16)13-4-5-13/h3,6-11,13H,4-5H2,1-2H3,(H,23,26). The van der Waals surface area contributed by atoms with Gasteiger partial charge in [0.25, 0.3) is 11.8 Å². The number of rotatable bonds is 3. The van der Waals surface area contributed by atoms with Gasteiger partial charge >= 0.3 is 0 Å². The molecule has 0 atom stereocenters. The topological polar surface area (TPSA) is 84.7 Å². The molecule has 3 aromatic rings. The maximum absolute atomic E-state index is 13.0. The van der Waals surface area contributed by atoms with Crippen LogP contribution in [0.15, 0.2) is 47.0 Å². The number of hydrogen-bond acceptors (Lipinski definition) is 5. The largest absolute Gasteiger partial charge is 0.454 e. The van der Waals surface area contributed by atoms with Gasteiger partial charge in [-0.25, -0.2) is 0 Å². The molecule has 0 unspecified atom stereocenters. The SMILES string of the molecule is Cc1ccc2c(c1)N(C)C(=O)c1cc(NC(=O)c3cc(C4CC4)on3)ccc1O2. The molecular formula is C22H19N3O4. The van der Waals surface area contributed by atoms with E-state index in [1.165, 1.54) is 0 Å². The van der Waals surface area contributed by atoms with Gasteiger partial charge in [-0.1, -0.05) is 11.2 Å². The molecule has 1 N–H and O–H groups in total. The Morgan fingerprint density at radius 1 is 1.14 bits per heavy atom. The van der Waals surface area contributed by atoms with Crippen molar-refractivity contribution in [3.8, 4) is 11.5 Å². The van der Waals surface area contributed by atoms with Gasteiger partial charge in [-0.3, -0.25) is 9.59 Å². The Kier molecular flexibility index (Phi) is 3.91. The summed E-state index contributed by atoms with van der Waals surface area (Å²) in [4.78, 5) is 27.1. The van der Waals surface area contributed by atoms with E-state index in [9.17, 15) is 9.59 Å². The summed E-state index contributed by atoms with van der Waals surface area (Å²) in [5.41, 5.74) is 2.82. The van der Waals surface area contributed by atoms with Crippen LogP contribution >= 0.6 is 0 Å². The second-order valence-corrected chi connectivity index (χ2v) is 7.49. The third kappa shape index (κ3) is 3.14. The zero-order valence-corrected chi connectivity index (χ0v) is 16.1. The van der Waals surface area contributed by atoms with Gasteiger partial charge in [0.05, 0.1) is 11.3 Å². The molecule has 2 amide bonds. The van der Waals surface area contributed by atoms with Crippen molar-refractivity contribution in [2.45, 2.75) is 25.7 Å². The average Bonchev–Trinajstić information content (AvgIpc) is 3.46. The Balaban J connectivity index is 1.43. The summed E-state index contributed by atoms with van der Waals surface area (Å²) in [6.07, 6.45) is 2.14. The van der Waals surface area contributed by atoms with Crippen molar-refractivity contribution < 1.29 is 18.8 Å². The van der Waals surface area contributed by atoms with Crippen molar-refractivity contribution in [1.82, 2.24) is 5.16 Å². The van der Waals surface area contributed by atoms with Gasteiger partial charge in [0.15, 0.2) is 11.4 Å². The van der Waals surface area contributed by atoms with Crippen LogP contribution in [0.1, 0.15) is 50.9 Å². The third-order valence-electron chi connectivity index (χ3n) is 5.21. The van der Waals surface area contributed by atoms with Gasteiger partial charge in [0.2, 0.25) is 0 Å². The monoisotopic (exact) mass is 389 g/mol. The Morgan fingerprint density at radius 2 is 1.93 bits per heavy atom. The molecule has 1 aliphatic heterocycles. The molecule has 0 radical (unpaired) electrons. The maximum Gasteiger partial charge on any atom is 0.277 e. The van der Waals surface area contributed by atoms with Gasteiger partial charge in [0, 0.05) is 24.7 Å². The van der Waals surface area contributed by atoms with Crippen LogP contribution in [-0.2, 0) is 0 Å². The van der Waals surface area contributed by atoms with E-state index in [4.69, 9.17) is 9.26 Å². The fourth-order valence-corrected chi connectivity index (χ4v) is 3.40. The van der Waals surface area contributed by atoms with Gasteiger partial charge in [-0.15, -0.1) is 0 Å². The molecule has 1 fully saturated rings. The molecule has 2 aromatic carbocycles. The second-order valence-electron chi connectivity index (χ2n) is 7.49. The number of ether oxygens (including phenoxy) is 1. The zero-order valence-electron chi connectivity index (χ0n) is 16.1. The normalized spacial score (nSPS) is 15.2. The molecular weight excluding hydrogens is 370 g/mol. The van der Waals surface area contributed by atoms with Crippen LogP contribution in [0.3, 0.4) is 0 Å². The highest BCUT2D eigenvalue weighted by atomic mass is 16.5. The predicted octanol–water partition coefficient (Wildman–Crippen LogP) is 4.50. The first-order valence-electron chi connectivity index (χ1n) is 9.48. The van der Waals surface area contributed by atoms with E-state index in [1.54, 1.807) is 36.2 Å². The number of aryl methyl sites for hydroxylation is 1. The summed E-state index contributed by atoms with van der Waals surface area (Å²) in [6.45, 7) is 1.96. The number of carbonyl (C=O) groups excluding carboxylic acids is 2. The van der Waals surface area contributed by atoms with Crippen molar-refractivity contribution in [1.29, 1.82) is 0 Å². The molecule has 2 aliphatic rings. The van der Waals surface area contributed by atoms with Crippen LogP contribution < -0.4 is 15.0 Å². The summed E-state index contributed by atoms with van der Waals surface area (Å²) in [5.74, 6) is 1.59. The van der Waals surface area contributed by atoms with Crippen LogP contribution in [0.4, 0.5) is 11.4 Å². The molecule has 5 rings (SSSR count). The van der Waals surface area contributed by atoms with Crippen LogP contribution in [0.25, 0.3) is 0 Å². The Bertz CT molecular complexity index is 1150. The van der Waals surface area contributed by atoms with E-state index in [0.717, 1.165) is 24.2 Å². The summed E-state index contributed by atoms with van der Waals surface area (Å²) < 4.78 is 11.2. The molecule has 2 heterocycles. The molecule has 1 aliphatic carbocycles. The first-order valence-corrected chi connectivity index (χ1v) is 9.48. The van der Waals surface area contributed by atoms with Gasteiger partial charge in [-0.2, -0.15) is 0 Å². The summed E-state index contributed by atoms with van der Waals surface area (Å²) in [7, 11) is 1.71. The predicted molar refractivity (Wildman–Crippen MR) is 107 cm³/mol. The van der Waals surface area contributed by atoms with Crippen LogP contribution in [0.2, 0.25) is 0 Å². The smallest absolute Gasteiger partial charge is 0.277 e. The molecule has 146 valence electrons. The van der Waals surface area contributed by atoms with Gasteiger partial charge in [0.1, 0.15) is 11.5 Å². The number of hydrogen-bond donors (Lipinski definition) is 1. The van der Waals surface area contributed by atoms with E-state index < -0.39 is 0 Å². The van der Waals surface area contributed by atoms with Gasteiger partial charge < -0.3 is 19.5 Å². The number of nitrogens with zero attached hydrogens (tertiary/aromatic N) is 2. The van der Waals surface area contributed by atoms with Crippen molar-refractivity contribution in [2.75, 3.05) is 17.3 Å². The van der Waals surface area contributed by atoms with E-state index in [0.29, 0.717) is 34.4 Å². The molecule has 7 nitrogen and oxygen atoms in total. The second kappa shape index (κ2) is 6.48. The number of anilines is 2. The fourth-order valence-electron chi connectivity index (χ4n) is 3.40. The van der Waals surface area contributed by atoms with Crippen LogP contribution in [0, 0.1) is 6.92 Å². The summed E-state index contributed by atoms with van der Waals surface area (Å²) >= 11 is 0. The maximum atomic E-state index is 13.0. The van der Waals surface area contributed by atoms with Crippen molar-refractivity contribution in [3.63, 3.8) is 0 Å². The number of carbonyl (C=O) groups is 2. The lowest BCUT2D eigenvalue weighted by atomic mass is 10.1. The number of fused-ring (bicyclic) bond motifs is 2. The van der Waals surface area contributed by atoms with E-state index >= 15 is 0 Å². The summed E-state index contributed by atoms with van der Waals surface area (Å²) in [5, 5.41) is 6.63. The minimum Gasteiger partial charge on any atom is -0.454 e. The highest BCUT2D eigenvalue weighted by molar-refractivity contribution is 6.10. The van der Waals surface area contributed by atoms with Crippen molar-refractivity contribution in [2.24, 2.45) is 0 Å². The average molecular weight is 389 g/mol. The Labute approximate surface area is 167 Å². The number of amides is 2. The first kappa shape index (κ1) is 17.5. The number of benzene rings is 2. The Morgan fingerprint density at radius 3 is 2.72 bits per heavy atom. The highest BCUT2D eigenvalue weighted by Gasteiger charge is 2.29. The van der Waals surface area contributed by atoms with Crippen LogP contribution in [0.5, 0.6) is 11.5 Å². The molecule has 1 saturated carbocycles. The molecule has 7 heteroatoms. The minimum atomic E-state index is -0.380. The van der Waals surface area contributed by atoms with Crippen LogP contribution in [-0.4, -0.2) is 24.0 Å².